The van der Waals surface area contributed by atoms with E-state index in [0.717, 1.165) is 22.6 Å². The Morgan fingerprint density at radius 1 is 0.826 bits per heavy atom. The first-order chi connectivity index (χ1) is 21.2. The molecular formula is C40H41IrN2O2Si-. The molecule has 237 valence electrons. The number of anilines is 3. The number of para-hydroxylation sites is 1. The van der Waals surface area contributed by atoms with Gasteiger partial charge in [-0.05, 0) is 52.0 Å². The molecule has 1 radical (unpaired) electrons. The molecule has 0 amide bonds. The summed E-state index contributed by atoms with van der Waals surface area (Å²) in [7, 11) is -1.81. The van der Waals surface area contributed by atoms with Crippen molar-refractivity contribution in [3.8, 4) is 22.4 Å². The van der Waals surface area contributed by atoms with Crippen LogP contribution in [-0.2, 0) is 24.9 Å². The van der Waals surface area contributed by atoms with E-state index in [2.05, 4.69) is 109 Å². The minimum atomic E-state index is -1.81. The van der Waals surface area contributed by atoms with Crippen LogP contribution in [0, 0.1) is 16.9 Å². The first-order valence-corrected chi connectivity index (χ1v) is 18.6. The van der Waals surface area contributed by atoms with Gasteiger partial charge in [0, 0.05) is 54.6 Å². The molecule has 4 nitrogen and oxygen atoms in total. The standard InChI is InChI=1S/C29H21N2Si.C11H20O2.Ir/c1-32(2)24-14-8-13-23-26(24)27-25(32)17-18-30-28(27)22-16-15-19-9-6-7-12-21(19)29(22)31(23)20-10-4-3-5-11-20;1-10(2,3)8(12)7-9(13)11(4,5)6;/h3-15,17-18H,1-2H3;7,12H,1-6H3;/q-1;;/b;8-7-;. The minimum absolute atomic E-state index is 0. The number of carbonyl (C=O) groups excluding carboxylic acids is 1. The van der Waals surface area contributed by atoms with Crippen molar-refractivity contribution < 1.29 is 30.0 Å². The zero-order valence-corrected chi connectivity index (χ0v) is 31.2. The molecule has 0 atom stereocenters. The Morgan fingerprint density at radius 2 is 1.48 bits per heavy atom. The fourth-order valence-corrected chi connectivity index (χ4v) is 9.25. The van der Waals surface area contributed by atoms with Crippen LogP contribution in [0.3, 0.4) is 0 Å². The van der Waals surface area contributed by atoms with Gasteiger partial charge in [-0.2, -0.15) is 0 Å². The summed E-state index contributed by atoms with van der Waals surface area (Å²) >= 11 is 0. The van der Waals surface area contributed by atoms with E-state index in [0.29, 0.717) is 0 Å². The molecule has 1 N–H and O–H groups in total. The van der Waals surface area contributed by atoms with Crippen molar-refractivity contribution in [1.82, 2.24) is 4.98 Å². The summed E-state index contributed by atoms with van der Waals surface area (Å²) in [6.07, 6.45) is 3.33. The fraction of sp³-hybridized carbons (Fsp3) is 0.250. The van der Waals surface area contributed by atoms with Crippen LogP contribution in [-0.4, -0.2) is 23.9 Å². The largest absolute Gasteiger partial charge is 0.512 e. The maximum atomic E-state index is 11.5. The van der Waals surface area contributed by atoms with Crippen molar-refractivity contribution in [2.45, 2.75) is 54.6 Å². The van der Waals surface area contributed by atoms with Gasteiger partial charge in [0.05, 0.1) is 0 Å². The molecule has 1 aromatic heterocycles. The zero-order chi connectivity index (χ0) is 32.3. The smallest absolute Gasteiger partial charge is 0.164 e. The summed E-state index contributed by atoms with van der Waals surface area (Å²) in [5, 5.41) is 14.9. The first kappa shape index (κ1) is 33.5. The summed E-state index contributed by atoms with van der Waals surface area (Å²) in [4.78, 5) is 18.9. The Morgan fingerprint density at radius 3 is 2.15 bits per heavy atom. The van der Waals surface area contributed by atoms with Gasteiger partial charge in [-0.25, -0.2) is 0 Å². The number of aliphatic hydroxyl groups excluding tert-OH is 1. The number of aliphatic hydroxyl groups is 1. The number of carbonyl (C=O) groups is 1. The maximum Gasteiger partial charge on any atom is 0.164 e. The second-order valence-corrected chi connectivity index (χ2v) is 18.9. The number of hydrogen-bond donors (Lipinski definition) is 1. The van der Waals surface area contributed by atoms with Gasteiger partial charge in [-0.3, -0.25) is 4.79 Å². The monoisotopic (exact) mass is 802 g/mol. The average Bonchev–Trinajstić information content (AvgIpc) is 3.15. The summed E-state index contributed by atoms with van der Waals surface area (Å²) in [5.74, 6) is 0.104. The SMILES string of the molecule is CC(C)(C)C(=O)/C=C(\O)C(C)(C)C.C[Si]1(C)c2cccc3c2-c2c1ccnc2-c1[c-]cc2ccccc2c1N3c1ccccc1.[Ir]. The molecule has 0 aliphatic carbocycles. The number of nitrogens with zero attached hydrogens (tertiary/aromatic N) is 2. The van der Waals surface area contributed by atoms with Crippen LogP contribution in [0.15, 0.2) is 103 Å². The maximum absolute atomic E-state index is 11.5. The van der Waals surface area contributed by atoms with Crippen molar-refractivity contribution >= 4 is 52.1 Å². The topological polar surface area (TPSA) is 53.4 Å². The van der Waals surface area contributed by atoms with Gasteiger partial charge in [-0.1, -0.05) is 125 Å². The van der Waals surface area contributed by atoms with Crippen molar-refractivity contribution in [1.29, 1.82) is 0 Å². The Balaban J connectivity index is 0.000000256. The molecule has 5 aromatic rings. The fourth-order valence-electron chi connectivity index (χ4n) is 6.21. The number of ketones is 1. The predicted octanol–water partition coefficient (Wildman–Crippen LogP) is 9.38. The summed E-state index contributed by atoms with van der Waals surface area (Å²) in [6, 6.07) is 34.2. The van der Waals surface area contributed by atoms with E-state index < -0.39 is 13.5 Å². The number of pyridine rings is 1. The zero-order valence-electron chi connectivity index (χ0n) is 27.8. The van der Waals surface area contributed by atoms with Crippen LogP contribution in [0.2, 0.25) is 13.1 Å². The number of allylic oxidation sites excluding steroid dienone is 2. The van der Waals surface area contributed by atoms with Gasteiger partial charge in [0.25, 0.3) is 0 Å². The third-order valence-electron chi connectivity index (χ3n) is 8.91. The van der Waals surface area contributed by atoms with Crippen LogP contribution >= 0.6 is 0 Å². The third-order valence-corrected chi connectivity index (χ3v) is 12.4. The second kappa shape index (κ2) is 12.1. The molecule has 0 bridgehead atoms. The Kier molecular flexibility index (Phi) is 8.80. The first-order valence-electron chi connectivity index (χ1n) is 15.6. The van der Waals surface area contributed by atoms with E-state index in [9.17, 15) is 9.90 Å². The van der Waals surface area contributed by atoms with Gasteiger partial charge >= 0.3 is 0 Å². The van der Waals surface area contributed by atoms with Crippen LogP contribution in [0.1, 0.15) is 41.5 Å². The van der Waals surface area contributed by atoms with Gasteiger partial charge in [-0.15, -0.1) is 17.7 Å². The molecule has 6 heteroatoms. The Hall–Kier alpha value is -3.83. The summed E-state index contributed by atoms with van der Waals surface area (Å²) in [5.41, 5.74) is 7.63. The molecule has 0 unspecified atom stereocenters. The van der Waals surface area contributed by atoms with Gasteiger partial charge < -0.3 is 15.0 Å². The van der Waals surface area contributed by atoms with Crippen LogP contribution in [0.5, 0.6) is 0 Å². The van der Waals surface area contributed by atoms with Crippen molar-refractivity contribution in [3.05, 3.63) is 109 Å². The molecule has 2 aliphatic rings. The molecule has 0 spiro atoms. The average molecular weight is 802 g/mol. The molecule has 7 rings (SSSR count). The van der Waals surface area contributed by atoms with E-state index in [1.165, 1.54) is 44.0 Å². The van der Waals surface area contributed by atoms with E-state index in [4.69, 9.17) is 4.98 Å². The molecule has 4 aromatic carbocycles. The van der Waals surface area contributed by atoms with E-state index in [1.807, 2.05) is 47.7 Å². The normalized spacial score (nSPS) is 14.3. The number of rotatable bonds is 2. The van der Waals surface area contributed by atoms with Crippen LogP contribution < -0.4 is 15.3 Å². The molecule has 0 saturated carbocycles. The van der Waals surface area contributed by atoms with E-state index in [1.54, 1.807) is 0 Å². The quantitative estimate of drug-likeness (QED) is 0.0822. The third kappa shape index (κ3) is 5.68. The van der Waals surface area contributed by atoms with Crippen molar-refractivity contribution in [2.75, 3.05) is 4.90 Å². The molecule has 0 fully saturated rings. The molecule has 3 heterocycles. The second-order valence-electron chi connectivity index (χ2n) is 14.6. The van der Waals surface area contributed by atoms with Gasteiger partial charge in [0.15, 0.2) is 5.78 Å². The molecule has 2 aliphatic heterocycles. The summed E-state index contributed by atoms with van der Waals surface area (Å²) < 4.78 is 0. The van der Waals surface area contributed by atoms with Gasteiger partial charge in [0.2, 0.25) is 0 Å². The molecule has 0 saturated heterocycles. The van der Waals surface area contributed by atoms with E-state index >= 15 is 0 Å². The number of aromatic nitrogens is 1. The van der Waals surface area contributed by atoms with Crippen molar-refractivity contribution in [3.63, 3.8) is 0 Å². The Labute approximate surface area is 287 Å². The van der Waals surface area contributed by atoms with Gasteiger partial charge in [0.1, 0.15) is 13.8 Å². The van der Waals surface area contributed by atoms with Crippen LogP contribution in [0.25, 0.3) is 33.2 Å². The van der Waals surface area contributed by atoms with E-state index in [-0.39, 0.29) is 37.1 Å². The number of benzene rings is 4. The molecular weight excluding hydrogens is 761 g/mol. The number of fused-ring (bicyclic) bond motifs is 4. The van der Waals surface area contributed by atoms with Crippen molar-refractivity contribution in [2.24, 2.45) is 10.8 Å². The summed E-state index contributed by atoms with van der Waals surface area (Å²) in [6.45, 7) is 16.0. The molecule has 46 heavy (non-hydrogen) atoms. The minimum Gasteiger partial charge on any atom is -0.512 e. The number of hydrogen-bond acceptors (Lipinski definition) is 4. The Bertz CT molecular complexity index is 1990. The van der Waals surface area contributed by atoms with Crippen LogP contribution in [0.4, 0.5) is 17.1 Å². The predicted molar refractivity (Wildman–Crippen MR) is 191 cm³/mol.